The van der Waals surface area contributed by atoms with Crippen LogP contribution in [0.2, 0.25) is 0 Å². The summed E-state index contributed by atoms with van der Waals surface area (Å²) in [6, 6.07) is 10.2. The van der Waals surface area contributed by atoms with Crippen molar-refractivity contribution in [3.05, 3.63) is 42.4 Å². The molecule has 0 fully saturated rings. The second kappa shape index (κ2) is 6.20. The molecule has 0 spiro atoms. The standard InChI is InChI=1S/C19H21N6/c1-13-11-20-14(2)19-22-17(23-25(13)19)9-10-18-21-16(12-24(18)3)15-7-5-4-6-8-15/h4-8,12H,9-11H2,1-3H3/q+1. The molecule has 1 aromatic carbocycles. The van der Waals surface area contributed by atoms with Crippen LogP contribution in [0, 0.1) is 0 Å². The molecule has 1 aromatic heterocycles. The van der Waals surface area contributed by atoms with Gasteiger partial charge in [0.15, 0.2) is 0 Å². The zero-order valence-corrected chi connectivity index (χ0v) is 14.8. The third kappa shape index (κ3) is 2.95. The summed E-state index contributed by atoms with van der Waals surface area (Å²) in [5.74, 6) is 2.75. The van der Waals surface area contributed by atoms with E-state index in [2.05, 4.69) is 38.0 Å². The number of nitrogens with zero attached hydrogens (tertiary/aromatic N) is 6. The van der Waals surface area contributed by atoms with E-state index >= 15 is 0 Å². The Morgan fingerprint density at radius 2 is 1.92 bits per heavy atom. The van der Waals surface area contributed by atoms with E-state index in [0.717, 1.165) is 53.0 Å². The topological polar surface area (TPSA) is 57.9 Å². The molecule has 0 atom stereocenters. The number of benzene rings is 1. The lowest BCUT2D eigenvalue weighted by Gasteiger charge is -2.04. The van der Waals surface area contributed by atoms with Crippen LogP contribution in [0.15, 0.2) is 51.6 Å². The Balaban J connectivity index is 1.52. The Hall–Kier alpha value is -2.89. The molecule has 3 heterocycles. The highest BCUT2D eigenvalue weighted by atomic mass is 15.5. The summed E-state index contributed by atoms with van der Waals surface area (Å²) in [6.45, 7) is 4.73. The SMILES string of the molecule is CC1=NCC(C)=[N+]2N=C(CCc3nc(-c4ccccc4)cn3C)N=C12. The molecule has 25 heavy (non-hydrogen) atoms. The predicted octanol–water partition coefficient (Wildman–Crippen LogP) is 2.69. The fourth-order valence-electron chi connectivity index (χ4n) is 3.04. The minimum atomic E-state index is 0.696. The van der Waals surface area contributed by atoms with Crippen LogP contribution in [0.3, 0.4) is 0 Å². The lowest BCUT2D eigenvalue weighted by atomic mass is 10.2. The Bertz CT molecular complexity index is 944. The number of hydrazone groups is 1. The van der Waals surface area contributed by atoms with Gasteiger partial charge in [-0.25, -0.2) is 4.98 Å². The molecule has 0 saturated heterocycles. The van der Waals surface area contributed by atoms with Gasteiger partial charge in [0, 0.05) is 31.6 Å². The average molecular weight is 333 g/mol. The second-order valence-electron chi connectivity index (χ2n) is 6.42. The van der Waals surface area contributed by atoms with Crippen LogP contribution in [-0.4, -0.2) is 43.9 Å². The van der Waals surface area contributed by atoms with Crippen molar-refractivity contribution in [3.8, 4) is 11.3 Å². The maximum Gasteiger partial charge on any atom is 0.371 e. The number of hydrogen-bond donors (Lipinski definition) is 0. The van der Waals surface area contributed by atoms with Crippen LogP contribution in [0.4, 0.5) is 0 Å². The number of imidazole rings is 1. The van der Waals surface area contributed by atoms with Crippen LogP contribution in [0.25, 0.3) is 11.3 Å². The Morgan fingerprint density at radius 1 is 1.12 bits per heavy atom. The number of aromatic nitrogens is 2. The van der Waals surface area contributed by atoms with Crippen molar-refractivity contribution >= 4 is 23.1 Å². The van der Waals surface area contributed by atoms with Gasteiger partial charge in [-0.05, 0) is 23.9 Å². The van der Waals surface area contributed by atoms with Crippen molar-refractivity contribution < 1.29 is 4.68 Å². The summed E-state index contributed by atoms with van der Waals surface area (Å²) in [6.07, 6.45) is 3.65. The first-order valence-electron chi connectivity index (χ1n) is 8.49. The molecule has 0 aliphatic carbocycles. The maximum atomic E-state index is 4.78. The molecule has 6 nitrogen and oxygen atoms in total. The van der Waals surface area contributed by atoms with E-state index in [-0.39, 0.29) is 0 Å². The largest absolute Gasteiger partial charge is 0.371 e. The molecular weight excluding hydrogens is 312 g/mol. The minimum absolute atomic E-state index is 0.696. The van der Waals surface area contributed by atoms with Gasteiger partial charge in [0.1, 0.15) is 17.2 Å². The monoisotopic (exact) mass is 333 g/mol. The molecule has 2 aliphatic heterocycles. The molecule has 0 unspecified atom stereocenters. The fourth-order valence-corrected chi connectivity index (χ4v) is 3.04. The number of aliphatic imine (C=N–C) groups is 2. The van der Waals surface area contributed by atoms with Gasteiger partial charge in [-0.1, -0.05) is 35.0 Å². The van der Waals surface area contributed by atoms with Gasteiger partial charge in [0.05, 0.1) is 12.2 Å². The number of fused-ring (bicyclic) bond motifs is 1. The molecular formula is C19H21N6+. The molecule has 2 aromatic rings. The van der Waals surface area contributed by atoms with Crippen LogP contribution in [0.5, 0.6) is 0 Å². The van der Waals surface area contributed by atoms with Crippen LogP contribution >= 0.6 is 0 Å². The van der Waals surface area contributed by atoms with Gasteiger partial charge in [-0.2, -0.15) is 0 Å². The Kier molecular flexibility index (Phi) is 3.87. The smallest absolute Gasteiger partial charge is 0.337 e. The molecule has 0 bridgehead atoms. The molecule has 6 heteroatoms. The Labute approximate surface area is 147 Å². The first-order chi connectivity index (χ1) is 12.1. The summed E-state index contributed by atoms with van der Waals surface area (Å²) in [4.78, 5) is 13.9. The van der Waals surface area contributed by atoms with E-state index in [1.54, 1.807) is 0 Å². The molecule has 0 N–H and O–H groups in total. The quantitative estimate of drug-likeness (QED) is 0.794. The zero-order chi connectivity index (χ0) is 17.4. The van der Waals surface area contributed by atoms with Gasteiger partial charge in [-0.3, -0.25) is 4.99 Å². The molecule has 4 rings (SSSR count). The van der Waals surface area contributed by atoms with Crippen LogP contribution in [0.1, 0.15) is 26.1 Å². The molecule has 2 aliphatic rings. The number of rotatable bonds is 4. The maximum absolute atomic E-state index is 4.78. The van der Waals surface area contributed by atoms with E-state index in [1.807, 2.05) is 43.8 Å². The summed E-state index contributed by atoms with van der Waals surface area (Å²) in [5.41, 5.74) is 4.20. The van der Waals surface area contributed by atoms with Gasteiger partial charge in [0.2, 0.25) is 0 Å². The normalized spacial score (nSPS) is 16.5. The highest BCUT2D eigenvalue weighted by molar-refractivity contribution is 6.40. The lowest BCUT2D eigenvalue weighted by molar-refractivity contribution is -0.407. The molecule has 0 radical (unpaired) electrons. The number of aryl methyl sites for hydroxylation is 2. The number of amidine groups is 2. The summed E-state index contributed by atoms with van der Waals surface area (Å²) < 4.78 is 4.01. The molecule has 0 amide bonds. The minimum Gasteiger partial charge on any atom is -0.337 e. The molecule has 126 valence electrons. The second-order valence-corrected chi connectivity index (χ2v) is 6.42. The van der Waals surface area contributed by atoms with Crippen LogP contribution in [-0.2, 0) is 13.5 Å². The van der Waals surface area contributed by atoms with Crippen molar-refractivity contribution in [2.45, 2.75) is 26.7 Å². The lowest BCUT2D eigenvalue weighted by Crippen LogP contribution is -2.31. The Morgan fingerprint density at radius 3 is 2.68 bits per heavy atom. The van der Waals surface area contributed by atoms with Gasteiger partial charge in [-0.15, -0.1) is 0 Å². The van der Waals surface area contributed by atoms with E-state index in [1.165, 1.54) is 0 Å². The van der Waals surface area contributed by atoms with E-state index in [4.69, 9.17) is 4.98 Å². The van der Waals surface area contributed by atoms with E-state index in [9.17, 15) is 0 Å². The molecule has 0 saturated carbocycles. The summed E-state index contributed by atoms with van der Waals surface area (Å²) in [7, 11) is 2.04. The highest BCUT2D eigenvalue weighted by Crippen LogP contribution is 2.19. The highest BCUT2D eigenvalue weighted by Gasteiger charge is 2.33. The zero-order valence-electron chi connectivity index (χ0n) is 14.8. The van der Waals surface area contributed by atoms with E-state index in [0.29, 0.717) is 6.54 Å². The van der Waals surface area contributed by atoms with Crippen molar-refractivity contribution in [2.24, 2.45) is 22.1 Å². The van der Waals surface area contributed by atoms with Gasteiger partial charge in [0.25, 0.3) is 5.84 Å². The summed E-state index contributed by atoms with van der Waals surface area (Å²) in [5, 5.41) is 4.64. The average Bonchev–Trinajstić information content (AvgIpc) is 3.22. The van der Waals surface area contributed by atoms with Crippen molar-refractivity contribution in [1.82, 2.24) is 9.55 Å². The fraction of sp³-hybridized carbons (Fsp3) is 0.316. The van der Waals surface area contributed by atoms with Crippen molar-refractivity contribution in [3.63, 3.8) is 0 Å². The van der Waals surface area contributed by atoms with Gasteiger partial charge >= 0.3 is 5.84 Å². The third-order valence-corrected chi connectivity index (χ3v) is 4.50. The third-order valence-electron chi connectivity index (χ3n) is 4.50. The van der Waals surface area contributed by atoms with Crippen LogP contribution < -0.4 is 0 Å². The first-order valence-corrected chi connectivity index (χ1v) is 8.49. The predicted molar refractivity (Wildman–Crippen MR) is 101 cm³/mol. The summed E-state index contributed by atoms with van der Waals surface area (Å²) >= 11 is 0. The first kappa shape index (κ1) is 15.6. The van der Waals surface area contributed by atoms with Gasteiger partial charge < -0.3 is 4.57 Å². The van der Waals surface area contributed by atoms with Crippen molar-refractivity contribution in [2.75, 3.05) is 6.54 Å². The van der Waals surface area contributed by atoms with E-state index < -0.39 is 0 Å². The number of hydrogen-bond acceptors (Lipinski definition) is 4. The van der Waals surface area contributed by atoms with Crippen molar-refractivity contribution in [1.29, 1.82) is 0 Å².